The number of rotatable bonds is 1. The van der Waals surface area contributed by atoms with Crippen molar-refractivity contribution in [1.82, 2.24) is 10.2 Å². The van der Waals surface area contributed by atoms with Gasteiger partial charge >= 0.3 is 0 Å². The van der Waals surface area contributed by atoms with Crippen LogP contribution in [0.1, 0.15) is 36.8 Å². The molecule has 1 spiro atoms. The molecular weight excluding hydrogens is 260 g/mol. The van der Waals surface area contributed by atoms with E-state index in [0.29, 0.717) is 11.5 Å². The fraction of sp³-hybridized carbons (Fsp3) is 0.667. The maximum Gasteiger partial charge on any atom is 0.0719 e. The van der Waals surface area contributed by atoms with Crippen LogP contribution in [0.25, 0.3) is 0 Å². The number of benzene rings is 1. The number of aliphatic hydroxyl groups excluding tert-OH is 1. The van der Waals surface area contributed by atoms with Gasteiger partial charge in [-0.3, -0.25) is 4.90 Å². The lowest BCUT2D eigenvalue weighted by Crippen LogP contribution is -2.57. The van der Waals surface area contributed by atoms with Crippen molar-refractivity contribution in [3.05, 3.63) is 35.4 Å². The van der Waals surface area contributed by atoms with Gasteiger partial charge in [-0.1, -0.05) is 24.3 Å². The Hall–Kier alpha value is -0.900. The van der Waals surface area contributed by atoms with E-state index in [4.69, 9.17) is 0 Å². The number of likely N-dealkylation sites (tertiary alicyclic amines) is 1. The monoisotopic (exact) mass is 286 g/mol. The standard InChI is InChI=1S/C18H26N2O/c21-17-6-10-19-13-16(17)20-11-8-18(9-12-20)7-5-14-3-1-2-4-15(14)18/h1-4,16-17,19,21H,5-13H2/t16-,17-/m0/s1. The predicted octanol–water partition coefficient (Wildman–Crippen LogP) is 1.69. The molecule has 2 N–H and O–H groups in total. The van der Waals surface area contributed by atoms with Gasteiger partial charge in [0.25, 0.3) is 0 Å². The number of aliphatic hydroxyl groups is 1. The third-order valence-electron chi connectivity index (χ3n) is 6.10. The van der Waals surface area contributed by atoms with E-state index < -0.39 is 0 Å². The zero-order chi connectivity index (χ0) is 14.3. The smallest absolute Gasteiger partial charge is 0.0719 e. The van der Waals surface area contributed by atoms with E-state index in [1.807, 2.05) is 0 Å². The number of nitrogens with zero attached hydrogens (tertiary/aromatic N) is 1. The van der Waals surface area contributed by atoms with Gasteiger partial charge in [-0.25, -0.2) is 0 Å². The van der Waals surface area contributed by atoms with E-state index in [-0.39, 0.29) is 6.10 Å². The molecule has 1 aliphatic carbocycles. The molecule has 1 aromatic carbocycles. The first-order valence-corrected chi connectivity index (χ1v) is 8.50. The van der Waals surface area contributed by atoms with E-state index in [0.717, 1.165) is 32.6 Å². The van der Waals surface area contributed by atoms with Gasteiger partial charge in [0.15, 0.2) is 0 Å². The average molecular weight is 286 g/mol. The Balaban J connectivity index is 1.48. The molecular formula is C18H26N2O. The lowest BCUT2D eigenvalue weighted by molar-refractivity contribution is 0.00718. The Morgan fingerprint density at radius 2 is 1.95 bits per heavy atom. The van der Waals surface area contributed by atoms with E-state index in [9.17, 15) is 5.11 Å². The molecule has 0 amide bonds. The molecule has 0 saturated carbocycles. The van der Waals surface area contributed by atoms with Crippen molar-refractivity contribution in [2.45, 2.75) is 49.7 Å². The molecule has 3 nitrogen and oxygen atoms in total. The second-order valence-corrected chi connectivity index (χ2v) is 7.10. The summed E-state index contributed by atoms with van der Waals surface area (Å²) in [5.74, 6) is 0. The van der Waals surface area contributed by atoms with Crippen LogP contribution in [0.2, 0.25) is 0 Å². The third-order valence-corrected chi connectivity index (χ3v) is 6.10. The first kappa shape index (κ1) is 13.7. The molecule has 1 aromatic rings. The summed E-state index contributed by atoms with van der Waals surface area (Å²) in [5.41, 5.74) is 3.62. The van der Waals surface area contributed by atoms with Gasteiger partial charge < -0.3 is 10.4 Å². The minimum Gasteiger partial charge on any atom is -0.391 e. The fourth-order valence-corrected chi connectivity index (χ4v) is 4.77. The maximum atomic E-state index is 10.3. The highest BCUT2D eigenvalue weighted by atomic mass is 16.3. The Morgan fingerprint density at radius 3 is 2.76 bits per heavy atom. The molecule has 4 rings (SSSR count). The van der Waals surface area contributed by atoms with Crippen molar-refractivity contribution in [2.24, 2.45) is 0 Å². The quantitative estimate of drug-likeness (QED) is 0.825. The second kappa shape index (κ2) is 5.38. The zero-order valence-electron chi connectivity index (χ0n) is 12.7. The van der Waals surface area contributed by atoms with Gasteiger partial charge in [-0.15, -0.1) is 0 Å². The summed E-state index contributed by atoms with van der Waals surface area (Å²) in [6.45, 7) is 4.18. The van der Waals surface area contributed by atoms with E-state index >= 15 is 0 Å². The Labute approximate surface area is 127 Å². The number of hydrogen-bond acceptors (Lipinski definition) is 3. The van der Waals surface area contributed by atoms with Crippen LogP contribution in [0.3, 0.4) is 0 Å². The Bertz CT molecular complexity index is 508. The highest BCUT2D eigenvalue weighted by Gasteiger charge is 2.42. The first-order valence-electron chi connectivity index (χ1n) is 8.50. The van der Waals surface area contributed by atoms with Gasteiger partial charge in [0.05, 0.1) is 6.10 Å². The van der Waals surface area contributed by atoms with Crippen molar-refractivity contribution in [2.75, 3.05) is 26.2 Å². The van der Waals surface area contributed by atoms with Gasteiger partial charge in [-0.05, 0) is 68.3 Å². The van der Waals surface area contributed by atoms with Crippen molar-refractivity contribution in [3.63, 3.8) is 0 Å². The summed E-state index contributed by atoms with van der Waals surface area (Å²) >= 11 is 0. The molecule has 0 bridgehead atoms. The molecule has 2 heterocycles. The maximum absolute atomic E-state index is 10.3. The SMILES string of the molecule is O[C@H]1CCNC[C@@H]1N1CCC2(CCc3ccccc32)CC1. The van der Waals surface area contributed by atoms with Crippen molar-refractivity contribution in [3.8, 4) is 0 Å². The summed E-state index contributed by atoms with van der Waals surface area (Å²) in [6, 6.07) is 9.37. The summed E-state index contributed by atoms with van der Waals surface area (Å²) in [6.07, 6.45) is 5.85. The molecule has 114 valence electrons. The van der Waals surface area contributed by atoms with Crippen molar-refractivity contribution in [1.29, 1.82) is 0 Å². The van der Waals surface area contributed by atoms with Crippen LogP contribution in [0, 0.1) is 0 Å². The summed E-state index contributed by atoms with van der Waals surface area (Å²) in [4.78, 5) is 2.53. The molecule has 2 aliphatic heterocycles. The average Bonchev–Trinajstić information content (AvgIpc) is 2.88. The van der Waals surface area contributed by atoms with Crippen LogP contribution in [0.5, 0.6) is 0 Å². The van der Waals surface area contributed by atoms with E-state index in [1.54, 1.807) is 11.1 Å². The molecule has 3 aliphatic rings. The minimum atomic E-state index is -0.142. The molecule has 0 unspecified atom stereocenters. The molecule has 0 radical (unpaired) electrons. The van der Waals surface area contributed by atoms with Gasteiger partial charge in [0.1, 0.15) is 0 Å². The normalized spacial score (nSPS) is 32.2. The molecule has 2 saturated heterocycles. The zero-order valence-corrected chi connectivity index (χ0v) is 12.7. The van der Waals surface area contributed by atoms with Crippen molar-refractivity contribution >= 4 is 0 Å². The molecule has 3 heteroatoms. The first-order chi connectivity index (χ1) is 10.3. The summed E-state index contributed by atoms with van der Waals surface area (Å²) in [5, 5.41) is 13.7. The highest BCUT2D eigenvalue weighted by molar-refractivity contribution is 5.39. The lowest BCUT2D eigenvalue weighted by atomic mass is 9.73. The van der Waals surface area contributed by atoms with Crippen LogP contribution < -0.4 is 5.32 Å². The summed E-state index contributed by atoms with van der Waals surface area (Å²) < 4.78 is 0. The predicted molar refractivity (Wildman–Crippen MR) is 84.5 cm³/mol. The van der Waals surface area contributed by atoms with Gasteiger partial charge in [0.2, 0.25) is 0 Å². The largest absolute Gasteiger partial charge is 0.391 e. The minimum absolute atomic E-state index is 0.142. The molecule has 0 aromatic heterocycles. The number of nitrogens with one attached hydrogen (secondary N) is 1. The Kier molecular flexibility index (Phi) is 3.52. The van der Waals surface area contributed by atoms with E-state index in [2.05, 4.69) is 34.5 Å². The topological polar surface area (TPSA) is 35.5 Å². The fourth-order valence-electron chi connectivity index (χ4n) is 4.77. The van der Waals surface area contributed by atoms with Crippen LogP contribution >= 0.6 is 0 Å². The number of fused-ring (bicyclic) bond motifs is 2. The third kappa shape index (κ3) is 2.32. The molecule has 2 atom stereocenters. The summed E-state index contributed by atoms with van der Waals surface area (Å²) in [7, 11) is 0. The van der Waals surface area contributed by atoms with Gasteiger partial charge in [-0.2, -0.15) is 0 Å². The van der Waals surface area contributed by atoms with Crippen molar-refractivity contribution < 1.29 is 5.11 Å². The van der Waals surface area contributed by atoms with Crippen LogP contribution in [0.4, 0.5) is 0 Å². The Morgan fingerprint density at radius 1 is 1.14 bits per heavy atom. The number of piperidine rings is 2. The molecule has 2 fully saturated rings. The number of aryl methyl sites for hydroxylation is 1. The number of hydrogen-bond donors (Lipinski definition) is 2. The highest BCUT2D eigenvalue weighted by Crippen LogP contribution is 2.46. The van der Waals surface area contributed by atoms with Crippen LogP contribution in [-0.2, 0) is 11.8 Å². The van der Waals surface area contributed by atoms with Gasteiger partial charge in [0, 0.05) is 12.6 Å². The second-order valence-electron chi connectivity index (χ2n) is 7.10. The van der Waals surface area contributed by atoms with Crippen LogP contribution in [0.15, 0.2) is 24.3 Å². The van der Waals surface area contributed by atoms with E-state index in [1.165, 1.54) is 25.7 Å². The molecule has 21 heavy (non-hydrogen) atoms. The van der Waals surface area contributed by atoms with Crippen LogP contribution in [-0.4, -0.2) is 48.3 Å². The lowest BCUT2D eigenvalue weighted by Gasteiger charge is -2.45.